The minimum absolute atomic E-state index is 0.582. The third-order valence-corrected chi connectivity index (χ3v) is 9.65. The van der Waals surface area contributed by atoms with Gasteiger partial charge in [0.25, 0.3) is 0 Å². The van der Waals surface area contributed by atoms with E-state index in [1.54, 1.807) is 0 Å². The third kappa shape index (κ3) is 4.42. The molecule has 8 aromatic carbocycles. The van der Waals surface area contributed by atoms with Gasteiger partial charge in [0.15, 0.2) is 0 Å². The van der Waals surface area contributed by atoms with E-state index >= 15 is 0 Å². The van der Waals surface area contributed by atoms with Crippen LogP contribution < -0.4 is 0 Å². The largest absolute Gasteiger partial charge is 0.309 e. The zero-order chi connectivity index (χ0) is 32.9. The molecule has 0 saturated carbocycles. The SMILES string of the molecule is N#Cc1ccc(-c2ccccc2-c2c3ccccc3c(-c3ccccc3)c3ccccc23)c(-n2c3ccccc3c3cc(C#N)ccc32)c1. The molecular weight excluding hydrogens is 595 g/mol. The highest BCUT2D eigenvalue weighted by atomic mass is 15.0. The summed E-state index contributed by atoms with van der Waals surface area (Å²) in [4.78, 5) is 0. The van der Waals surface area contributed by atoms with Crippen molar-refractivity contribution in [2.24, 2.45) is 0 Å². The maximum Gasteiger partial charge on any atom is 0.0992 e. The van der Waals surface area contributed by atoms with Crippen LogP contribution in [0.4, 0.5) is 0 Å². The Morgan fingerprint density at radius 1 is 0.367 bits per heavy atom. The number of benzene rings is 8. The topological polar surface area (TPSA) is 52.5 Å². The Morgan fingerprint density at radius 3 is 1.55 bits per heavy atom. The van der Waals surface area contributed by atoms with Crippen LogP contribution in [0.2, 0.25) is 0 Å². The lowest BCUT2D eigenvalue weighted by atomic mass is 9.83. The van der Waals surface area contributed by atoms with Crippen LogP contribution in [0.1, 0.15) is 11.1 Å². The second kappa shape index (κ2) is 11.4. The van der Waals surface area contributed by atoms with E-state index in [9.17, 15) is 10.5 Å². The Morgan fingerprint density at radius 2 is 0.878 bits per heavy atom. The van der Waals surface area contributed by atoms with Gasteiger partial charge in [0.2, 0.25) is 0 Å². The van der Waals surface area contributed by atoms with Crippen molar-refractivity contribution < 1.29 is 0 Å². The van der Waals surface area contributed by atoms with Crippen LogP contribution in [0.5, 0.6) is 0 Å². The van der Waals surface area contributed by atoms with Crippen molar-refractivity contribution >= 4 is 43.4 Å². The summed E-state index contributed by atoms with van der Waals surface area (Å²) in [6.45, 7) is 0. The Hall–Kier alpha value is -6.94. The molecule has 3 nitrogen and oxygen atoms in total. The molecule has 9 aromatic rings. The first-order valence-electron chi connectivity index (χ1n) is 16.3. The van der Waals surface area contributed by atoms with Gasteiger partial charge in [0, 0.05) is 16.3 Å². The van der Waals surface area contributed by atoms with Crippen LogP contribution in [0.25, 0.3) is 82.4 Å². The van der Waals surface area contributed by atoms with E-state index in [-0.39, 0.29) is 0 Å². The molecule has 0 aliphatic carbocycles. The highest BCUT2D eigenvalue weighted by Gasteiger charge is 2.22. The number of rotatable bonds is 4. The highest BCUT2D eigenvalue weighted by Crippen LogP contribution is 2.47. The highest BCUT2D eigenvalue weighted by molar-refractivity contribution is 6.22. The predicted molar refractivity (Wildman–Crippen MR) is 202 cm³/mol. The maximum absolute atomic E-state index is 10.1. The number of nitriles is 2. The monoisotopic (exact) mass is 621 g/mol. The predicted octanol–water partition coefficient (Wildman–Crippen LogP) is 11.8. The van der Waals surface area contributed by atoms with Gasteiger partial charge in [-0.2, -0.15) is 10.5 Å². The molecule has 0 fully saturated rings. The first-order valence-corrected chi connectivity index (χ1v) is 16.3. The molecule has 0 spiro atoms. The molecular formula is C46H27N3. The number of nitrogens with zero attached hydrogens (tertiary/aromatic N) is 3. The molecule has 9 rings (SSSR count). The lowest BCUT2D eigenvalue weighted by molar-refractivity contribution is 1.18. The third-order valence-electron chi connectivity index (χ3n) is 9.65. The molecule has 0 radical (unpaired) electrons. The molecule has 0 N–H and O–H groups in total. The van der Waals surface area contributed by atoms with Crippen LogP contribution in [-0.2, 0) is 0 Å². The molecule has 0 saturated heterocycles. The smallest absolute Gasteiger partial charge is 0.0992 e. The van der Waals surface area contributed by atoms with Crippen LogP contribution >= 0.6 is 0 Å². The number of hydrogen-bond acceptors (Lipinski definition) is 2. The Kier molecular flexibility index (Phi) is 6.58. The molecule has 49 heavy (non-hydrogen) atoms. The van der Waals surface area contributed by atoms with Gasteiger partial charge in [-0.1, -0.05) is 127 Å². The van der Waals surface area contributed by atoms with Crippen LogP contribution in [0.3, 0.4) is 0 Å². The minimum atomic E-state index is 0.582. The molecule has 1 aromatic heterocycles. The lowest BCUT2D eigenvalue weighted by Gasteiger charge is -2.21. The molecule has 0 aliphatic rings. The van der Waals surface area contributed by atoms with Crippen molar-refractivity contribution in [1.82, 2.24) is 4.57 Å². The molecule has 0 atom stereocenters. The second-order valence-corrected chi connectivity index (χ2v) is 12.3. The van der Waals surface area contributed by atoms with E-state index in [0.717, 1.165) is 44.2 Å². The van der Waals surface area contributed by atoms with E-state index in [1.165, 1.54) is 38.2 Å². The Labute approximate surface area is 283 Å². The average molecular weight is 622 g/mol. The number of fused-ring (bicyclic) bond motifs is 5. The summed E-state index contributed by atoms with van der Waals surface area (Å²) in [6, 6.07) is 61.5. The van der Waals surface area contributed by atoms with Gasteiger partial charge in [-0.15, -0.1) is 0 Å². The molecule has 0 amide bonds. The quantitative estimate of drug-likeness (QED) is 0.184. The van der Waals surface area contributed by atoms with Gasteiger partial charge >= 0.3 is 0 Å². The Balaban J connectivity index is 1.39. The van der Waals surface area contributed by atoms with Gasteiger partial charge in [0.1, 0.15) is 0 Å². The normalized spacial score (nSPS) is 11.2. The van der Waals surface area contributed by atoms with Crippen molar-refractivity contribution in [1.29, 1.82) is 10.5 Å². The number of aromatic nitrogens is 1. The standard InChI is InChI=1S/C46H27N3/c47-28-30-23-25-43-41(26-30)34-15-10-11-21-42(34)49(43)44-27-31(29-48)22-24-35(44)33-14-4-5-16-36(33)46-39-19-8-6-17-37(39)45(32-12-2-1-3-13-32)38-18-7-9-20-40(38)46/h1-27H. The molecule has 0 bridgehead atoms. The fourth-order valence-corrected chi connectivity index (χ4v) is 7.59. The van der Waals surface area contributed by atoms with Crippen LogP contribution in [-0.4, -0.2) is 4.57 Å². The summed E-state index contributed by atoms with van der Waals surface area (Å²) in [5.74, 6) is 0. The number of hydrogen-bond donors (Lipinski definition) is 0. The van der Waals surface area contributed by atoms with Gasteiger partial charge in [-0.05, 0) is 85.8 Å². The van der Waals surface area contributed by atoms with Crippen molar-refractivity contribution in [3.8, 4) is 51.2 Å². The summed E-state index contributed by atoms with van der Waals surface area (Å²) in [6.07, 6.45) is 0. The van der Waals surface area contributed by atoms with E-state index in [4.69, 9.17) is 0 Å². The van der Waals surface area contributed by atoms with Crippen molar-refractivity contribution in [3.63, 3.8) is 0 Å². The molecule has 3 heteroatoms. The minimum Gasteiger partial charge on any atom is -0.309 e. The Bertz CT molecular complexity index is 2790. The zero-order valence-corrected chi connectivity index (χ0v) is 26.4. The van der Waals surface area contributed by atoms with Gasteiger partial charge in [0.05, 0.1) is 40.0 Å². The maximum atomic E-state index is 10.1. The number of para-hydroxylation sites is 1. The van der Waals surface area contributed by atoms with Gasteiger partial charge in [-0.25, -0.2) is 0 Å². The van der Waals surface area contributed by atoms with Crippen molar-refractivity contribution in [3.05, 3.63) is 175 Å². The summed E-state index contributed by atoms with van der Waals surface area (Å²) in [5, 5.41) is 26.7. The summed E-state index contributed by atoms with van der Waals surface area (Å²) in [7, 11) is 0. The summed E-state index contributed by atoms with van der Waals surface area (Å²) < 4.78 is 2.24. The van der Waals surface area contributed by atoms with Gasteiger partial charge in [-0.3, -0.25) is 0 Å². The summed E-state index contributed by atoms with van der Waals surface area (Å²) >= 11 is 0. The molecule has 1 heterocycles. The second-order valence-electron chi connectivity index (χ2n) is 12.3. The van der Waals surface area contributed by atoms with Crippen molar-refractivity contribution in [2.75, 3.05) is 0 Å². The lowest BCUT2D eigenvalue weighted by Crippen LogP contribution is -2.00. The van der Waals surface area contributed by atoms with E-state index in [1.807, 2.05) is 42.5 Å². The molecule has 0 unspecified atom stereocenters. The van der Waals surface area contributed by atoms with Crippen molar-refractivity contribution in [2.45, 2.75) is 0 Å². The summed E-state index contributed by atoms with van der Waals surface area (Å²) in [5.41, 5.74) is 10.9. The zero-order valence-electron chi connectivity index (χ0n) is 26.4. The van der Waals surface area contributed by atoms with E-state index < -0.39 is 0 Å². The molecule has 0 aliphatic heterocycles. The van der Waals surface area contributed by atoms with Gasteiger partial charge < -0.3 is 4.57 Å². The first kappa shape index (κ1) is 28.3. The van der Waals surface area contributed by atoms with E-state index in [2.05, 4.69) is 138 Å². The van der Waals surface area contributed by atoms with Crippen LogP contribution in [0, 0.1) is 22.7 Å². The average Bonchev–Trinajstić information content (AvgIpc) is 3.50. The molecule has 226 valence electrons. The first-order chi connectivity index (χ1) is 24.2. The fraction of sp³-hybridized carbons (Fsp3) is 0. The fourth-order valence-electron chi connectivity index (χ4n) is 7.59. The van der Waals surface area contributed by atoms with Crippen LogP contribution in [0.15, 0.2) is 164 Å². The van der Waals surface area contributed by atoms with E-state index in [0.29, 0.717) is 11.1 Å².